The van der Waals surface area contributed by atoms with Crippen molar-refractivity contribution in [2.75, 3.05) is 12.3 Å². The molecule has 0 spiro atoms. The lowest BCUT2D eigenvalue weighted by molar-refractivity contribution is -0.121. The summed E-state index contributed by atoms with van der Waals surface area (Å²) >= 11 is 1.95. The van der Waals surface area contributed by atoms with Crippen LogP contribution < -0.4 is 16.0 Å². The zero-order valence-corrected chi connectivity index (χ0v) is 14.7. The summed E-state index contributed by atoms with van der Waals surface area (Å²) in [6.45, 7) is 2.27. The van der Waals surface area contributed by atoms with Crippen LogP contribution in [0.25, 0.3) is 0 Å². The number of hydrogen-bond acceptors (Lipinski definition) is 6. The number of thioether (sulfide) groups is 1. The Kier molecular flexibility index (Phi) is 7.82. The van der Waals surface area contributed by atoms with Gasteiger partial charge >= 0.3 is 0 Å². The van der Waals surface area contributed by atoms with Crippen molar-refractivity contribution in [3.63, 3.8) is 0 Å². The van der Waals surface area contributed by atoms with Crippen molar-refractivity contribution in [2.24, 2.45) is 0 Å². The number of carbonyl (C=O) groups is 2. The van der Waals surface area contributed by atoms with Crippen LogP contribution >= 0.6 is 11.8 Å². The SMILES string of the molecule is CC(=O)CCCCNC(=O)CCCCC1SCC2NC(O)NC21. The summed E-state index contributed by atoms with van der Waals surface area (Å²) in [5.41, 5.74) is 0. The molecule has 0 radical (unpaired) electrons. The van der Waals surface area contributed by atoms with Crippen LogP contribution in [0.15, 0.2) is 0 Å². The smallest absolute Gasteiger partial charge is 0.219 e. The fourth-order valence-electron chi connectivity index (χ4n) is 3.21. The average molecular weight is 343 g/mol. The van der Waals surface area contributed by atoms with Crippen LogP contribution in [0.3, 0.4) is 0 Å². The topological polar surface area (TPSA) is 90.5 Å². The maximum atomic E-state index is 11.7. The molecule has 2 fully saturated rings. The number of rotatable bonds is 10. The number of amides is 1. The van der Waals surface area contributed by atoms with Crippen molar-refractivity contribution in [1.29, 1.82) is 0 Å². The van der Waals surface area contributed by atoms with Gasteiger partial charge in [0.2, 0.25) is 5.91 Å². The fourth-order valence-corrected chi connectivity index (χ4v) is 4.78. The predicted molar refractivity (Wildman–Crippen MR) is 92.1 cm³/mol. The molecule has 2 saturated heterocycles. The van der Waals surface area contributed by atoms with Gasteiger partial charge in [-0.15, -0.1) is 0 Å². The highest BCUT2D eigenvalue weighted by atomic mass is 32.2. The Bertz CT molecular complexity index is 408. The van der Waals surface area contributed by atoms with E-state index in [-0.39, 0.29) is 11.7 Å². The van der Waals surface area contributed by atoms with E-state index >= 15 is 0 Å². The van der Waals surface area contributed by atoms with Crippen molar-refractivity contribution in [1.82, 2.24) is 16.0 Å². The van der Waals surface area contributed by atoms with E-state index in [2.05, 4.69) is 16.0 Å². The van der Waals surface area contributed by atoms with Gasteiger partial charge in [0.05, 0.1) is 0 Å². The Morgan fingerprint density at radius 2 is 1.96 bits per heavy atom. The van der Waals surface area contributed by atoms with E-state index in [4.69, 9.17) is 0 Å². The maximum absolute atomic E-state index is 11.7. The normalized spacial score (nSPS) is 29.5. The molecule has 2 aliphatic heterocycles. The minimum absolute atomic E-state index is 0.112. The van der Waals surface area contributed by atoms with Gasteiger partial charge in [0.1, 0.15) is 5.78 Å². The standard InChI is InChI=1S/C16H29N3O3S/c1-11(20)6-4-5-9-17-14(21)8-3-2-7-13-15-12(10-23-13)18-16(22)19-15/h12-13,15-16,18-19,22H,2-10H2,1H3,(H,17,21). The van der Waals surface area contributed by atoms with E-state index in [0.717, 1.165) is 37.9 Å². The largest absolute Gasteiger partial charge is 0.365 e. The van der Waals surface area contributed by atoms with Gasteiger partial charge in [0.15, 0.2) is 6.35 Å². The van der Waals surface area contributed by atoms with Crippen LogP contribution in [-0.2, 0) is 9.59 Å². The molecule has 0 aromatic heterocycles. The molecular formula is C16H29N3O3S. The van der Waals surface area contributed by atoms with Crippen LogP contribution in [0.1, 0.15) is 51.9 Å². The number of ketones is 1. The summed E-state index contributed by atoms with van der Waals surface area (Å²) in [6, 6.07) is 0.725. The summed E-state index contributed by atoms with van der Waals surface area (Å²) in [6.07, 6.45) is 5.36. The van der Waals surface area contributed by atoms with Gasteiger partial charge < -0.3 is 15.2 Å². The number of nitrogens with one attached hydrogen (secondary N) is 3. The number of carbonyl (C=O) groups excluding carboxylic acids is 2. The van der Waals surface area contributed by atoms with E-state index in [1.54, 1.807) is 6.92 Å². The molecular weight excluding hydrogens is 314 g/mol. The molecule has 23 heavy (non-hydrogen) atoms. The van der Waals surface area contributed by atoms with Gasteiger partial charge in [0, 0.05) is 42.5 Å². The first-order valence-corrected chi connectivity index (χ1v) is 9.69. The Labute approximate surface area is 142 Å². The van der Waals surface area contributed by atoms with Gasteiger partial charge in [0.25, 0.3) is 0 Å². The van der Waals surface area contributed by atoms with Crippen LogP contribution in [0.5, 0.6) is 0 Å². The molecule has 2 aliphatic rings. The summed E-state index contributed by atoms with van der Waals surface area (Å²) in [4.78, 5) is 22.5. The van der Waals surface area contributed by atoms with E-state index in [1.807, 2.05) is 11.8 Å². The first kappa shape index (κ1) is 18.7. The highest BCUT2D eigenvalue weighted by Gasteiger charge is 2.42. The van der Waals surface area contributed by atoms with Crippen molar-refractivity contribution in [3.05, 3.63) is 0 Å². The van der Waals surface area contributed by atoms with Crippen molar-refractivity contribution < 1.29 is 14.7 Å². The predicted octanol–water partition coefficient (Wildman–Crippen LogP) is 0.744. The molecule has 4 atom stereocenters. The Balaban J connectivity index is 1.47. The highest BCUT2D eigenvalue weighted by Crippen LogP contribution is 2.33. The molecule has 0 aromatic carbocycles. The van der Waals surface area contributed by atoms with Crippen LogP contribution in [0, 0.1) is 0 Å². The van der Waals surface area contributed by atoms with Crippen molar-refractivity contribution in [2.45, 2.75) is 75.6 Å². The number of hydrogen-bond donors (Lipinski definition) is 4. The van der Waals surface area contributed by atoms with Gasteiger partial charge in [-0.2, -0.15) is 11.8 Å². The Morgan fingerprint density at radius 1 is 1.17 bits per heavy atom. The maximum Gasteiger partial charge on any atom is 0.219 e. The van der Waals surface area contributed by atoms with E-state index in [0.29, 0.717) is 36.7 Å². The van der Waals surface area contributed by atoms with Gasteiger partial charge in [-0.25, -0.2) is 0 Å². The molecule has 4 unspecified atom stereocenters. The molecule has 132 valence electrons. The zero-order valence-electron chi connectivity index (χ0n) is 13.8. The lowest BCUT2D eigenvalue weighted by atomic mass is 10.0. The molecule has 7 heteroatoms. The number of aliphatic hydroxyl groups is 1. The monoisotopic (exact) mass is 343 g/mol. The molecule has 2 rings (SSSR count). The van der Waals surface area contributed by atoms with Gasteiger partial charge in [-0.05, 0) is 32.6 Å². The Morgan fingerprint density at radius 3 is 2.74 bits per heavy atom. The second kappa shape index (κ2) is 9.61. The second-order valence-electron chi connectivity index (χ2n) is 6.49. The van der Waals surface area contributed by atoms with Crippen molar-refractivity contribution in [3.8, 4) is 0 Å². The number of aliphatic hydroxyl groups excluding tert-OH is 1. The first-order chi connectivity index (χ1) is 11.1. The number of Topliss-reactive ketones (excluding diaryl/α,β-unsaturated/α-hetero) is 1. The third-order valence-electron chi connectivity index (χ3n) is 4.47. The van der Waals surface area contributed by atoms with Crippen molar-refractivity contribution >= 4 is 23.5 Å². The third kappa shape index (κ3) is 6.41. The highest BCUT2D eigenvalue weighted by molar-refractivity contribution is 8.00. The van der Waals surface area contributed by atoms with Crippen LogP contribution in [0.4, 0.5) is 0 Å². The first-order valence-electron chi connectivity index (χ1n) is 8.64. The lowest BCUT2D eigenvalue weighted by Gasteiger charge is -2.17. The summed E-state index contributed by atoms with van der Waals surface area (Å²) in [5.74, 6) is 1.36. The van der Waals surface area contributed by atoms with E-state index in [9.17, 15) is 14.7 Å². The Hall–Kier alpha value is -0.630. The minimum atomic E-state index is -0.567. The quantitative estimate of drug-likeness (QED) is 0.438. The molecule has 4 N–H and O–H groups in total. The molecule has 6 nitrogen and oxygen atoms in total. The zero-order chi connectivity index (χ0) is 16.7. The molecule has 0 aliphatic carbocycles. The summed E-state index contributed by atoms with van der Waals surface area (Å²) in [7, 11) is 0. The lowest BCUT2D eigenvalue weighted by Crippen LogP contribution is -2.38. The third-order valence-corrected chi connectivity index (χ3v) is 5.98. The number of fused-ring (bicyclic) bond motifs is 1. The molecule has 0 aromatic rings. The summed E-state index contributed by atoms with van der Waals surface area (Å²) < 4.78 is 0. The molecule has 1 amide bonds. The minimum Gasteiger partial charge on any atom is -0.365 e. The number of unbranched alkanes of at least 4 members (excludes halogenated alkanes) is 2. The average Bonchev–Trinajstić information content (AvgIpc) is 3.02. The fraction of sp³-hybridized carbons (Fsp3) is 0.875. The van der Waals surface area contributed by atoms with Crippen LogP contribution in [0.2, 0.25) is 0 Å². The second-order valence-corrected chi connectivity index (χ2v) is 7.77. The van der Waals surface area contributed by atoms with E-state index in [1.165, 1.54) is 0 Å². The van der Waals surface area contributed by atoms with E-state index < -0.39 is 6.35 Å². The molecule has 0 saturated carbocycles. The molecule has 2 heterocycles. The van der Waals surface area contributed by atoms with Gasteiger partial charge in [-0.3, -0.25) is 15.4 Å². The summed E-state index contributed by atoms with van der Waals surface area (Å²) in [5, 5.41) is 19.3. The van der Waals surface area contributed by atoms with Crippen LogP contribution in [-0.4, -0.2) is 52.8 Å². The van der Waals surface area contributed by atoms with Gasteiger partial charge in [-0.1, -0.05) is 6.42 Å². The molecule has 0 bridgehead atoms.